The van der Waals surface area contributed by atoms with Crippen molar-refractivity contribution in [3.05, 3.63) is 64.1 Å². The normalized spacial score (nSPS) is 13.0. The number of fused-ring (bicyclic) bond motifs is 1. The number of hydrogen-bond donors (Lipinski definition) is 2. The lowest BCUT2D eigenvalue weighted by Gasteiger charge is -2.17. The molecular weight excluding hydrogens is 340 g/mol. The van der Waals surface area contributed by atoms with Gasteiger partial charge in [0.25, 0.3) is 0 Å². The summed E-state index contributed by atoms with van der Waals surface area (Å²) in [5, 5.41) is 9.21. The Morgan fingerprint density at radius 2 is 2.04 bits per heavy atom. The molecule has 2 N–H and O–H groups in total. The first-order chi connectivity index (χ1) is 12.7. The molecule has 26 heavy (non-hydrogen) atoms. The van der Waals surface area contributed by atoms with Crippen LogP contribution in [0.15, 0.2) is 53.7 Å². The number of aliphatic imine (C=N–C) groups is 1. The molecule has 4 nitrogen and oxygen atoms in total. The number of nitrogens with zero attached hydrogens (tertiary/aromatic N) is 2. The van der Waals surface area contributed by atoms with Crippen LogP contribution in [-0.2, 0) is 13.0 Å². The van der Waals surface area contributed by atoms with E-state index in [2.05, 4.69) is 66.7 Å². The molecule has 2 aromatic heterocycles. The fourth-order valence-electron chi connectivity index (χ4n) is 2.96. The van der Waals surface area contributed by atoms with E-state index in [0.29, 0.717) is 12.6 Å². The van der Waals surface area contributed by atoms with Crippen LogP contribution in [0.3, 0.4) is 0 Å². The van der Waals surface area contributed by atoms with Gasteiger partial charge in [-0.1, -0.05) is 24.3 Å². The number of aryl methyl sites for hydroxylation is 1. The van der Waals surface area contributed by atoms with Gasteiger partial charge >= 0.3 is 0 Å². The molecule has 2 heterocycles. The zero-order valence-electron chi connectivity index (χ0n) is 15.6. The maximum Gasteiger partial charge on any atom is 0.191 e. The predicted molar refractivity (Wildman–Crippen MR) is 112 cm³/mol. The Bertz CT molecular complexity index is 879. The van der Waals surface area contributed by atoms with Crippen molar-refractivity contribution in [3.8, 4) is 0 Å². The third-order valence-corrected chi connectivity index (χ3v) is 5.20. The van der Waals surface area contributed by atoms with Crippen molar-refractivity contribution >= 4 is 28.1 Å². The molecule has 3 rings (SSSR count). The molecule has 0 saturated carbocycles. The van der Waals surface area contributed by atoms with E-state index >= 15 is 0 Å². The van der Waals surface area contributed by atoms with Crippen molar-refractivity contribution in [1.29, 1.82) is 0 Å². The largest absolute Gasteiger partial charge is 0.357 e. The van der Waals surface area contributed by atoms with Gasteiger partial charge < -0.3 is 10.6 Å². The molecule has 0 saturated heterocycles. The van der Waals surface area contributed by atoms with Crippen LogP contribution in [0.4, 0.5) is 0 Å². The summed E-state index contributed by atoms with van der Waals surface area (Å²) in [7, 11) is 0. The van der Waals surface area contributed by atoms with E-state index < -0.39 is 0 Å². The van der Waals surface area contributed by atoms with Gasteiger partial charge in [-0.25, -0.2) is 4.99 Å². The molecule has 0 aliphatic heterocycles. The van der Waals surface area contributed by atoms with Gasteiger partial charge in [-0.2, -0.15) is 0 Å². The molecule has 0 spiro atoms. The average molecular weight is 367 g/mol. The van der Waals surface area contributed by atoms with Crippen LogP contribution < -0.4 is 10.6 Å². The van der Waals surface area contributed by atoms with Crippen molar-refractivity contribution in [2.45, 2.75) is 39.8 Å². The van der Waals surface area contributed by atoms with Crippen LogP contribution in [0.25, 0.3) is 10.8 Å². The SMILES string of the molecule is CCNC(=NCc1nccc2ccccc12)NC(C)Cc1ccc(C)s1. The number of hydrogen-bond acceptors (Lipinski definition) is 3. The predicted octanol–water partition coefficient (Wildman–Crippen LogP) is 4.29. The van der Waals surface area contributed by atoms with Crippen molar-refractivity contribution in [3.63, 3.8) is 0 Å². The molecule has 1 atom stereocenters. The lowest BCUT2D eigenvalue weighted by molar-refractivity contribution is 0.645. The number of benzene rings is 1. The Balaban J connectivity index is 1.70. The van der Waals surface area contributed by atoms with Gasteiger partial charge in [0, 0.05) is 40.3 Å². The topological polar surface area (TPSA) is 49.3 Å². The van der Waals surface area contributed by atoms with Crippen molar-refractivity contribution in [1.82, 2.24) is 15.6 Å². The summed E-state index contributed by atoms with van der Waals surface area (Å²) in [4.78, 5) is 12.0. The summed E-state index contributed by atoms with van der Waals surface area (Å²) in [5.74, 6) is 0.836. The van der Waals surface area contributed by atoms with Gasteiger partial charge in [0.15, 0.2) is 5.96 Å². The second kappa shape index (κ2) is 8.81. The van der Waals surface area contributed by atoms with Gasteiger partial charge in [-0.3, -0.25) is 4.98 Å². The lowest BCUT2D eigenvalue weighted by Crippen LogP contribution is -2.43. The molecule has 5 heteroatoms. The van der Waals surface area contributed by atoms with Crippen molar-refractivity contribution < 1.29 is 0 Å². The lowest BCUT2D eigenvalue weighted by atomic mass is 10.1. The number of aromatic nitrogens is 1. The standard InChI is InChI=1S/C21H26N4S/c1-4-22-21(25-15(2)13-18-10-9-16(3)26-18)24-14-20-19-8-6-5-7-17(19)11-12-23-20/h5-12,15H,4,13-14H2,1-3H3,(H2,22,24,25). The van der Waals surface area contributed by atoms with E-state index in [9.17, 15) is 0 Å². The molecule has 136 valence electrons. The minimum atomic E-state index is 0.311. The molecular formula is C21H26N4S. The van der Waals surface area contributed by atoms with Crippen LogP contribution in [0.2, 0.25) is 0 Å². The fraction of sp³-hybridized carbons (Fsp3) is 0.333. The third-order valence-electron chi connectivity index (χ3n) is 4.17. The molecule has 0 amide bonds. The molecule has 1 unspecified atom stereocenters. The maximum absolute atomic E-state index is 4.76. The molecule has 0 aliphatic carbocycles. The van der Waals surface area contributed by atoms with Crippen LogP contribution >= 0.6 is 11.3 Å². The number of thiophene rings is 1. The number of guanidine groups is 1. The van der Waals surface area contributed by atoms with Gasteiger partial charge in [0.1, 0.15) is 0 Å². The van der Waals surface area contributed by atoms with E-state index in [-0.39, 0.29) is 0 Å². The summed E-state index contributed by atoms with van der Waals surface area (Å²) < 4.78 is 0. The van der Waals surface area contributed by atoms with Gasteiger partial charge in [0.05, 0.1) is 12.2 Å². The van der Waals surface area contributed by atoms with E-state index in [1.807, 2.05) is 29.7 Å². The average Bonchev–Trinajstić information content (AvgIpc) is 3.04. The minimum absolute atomic E-state index is 0.311. The summed E-state index contributed by atoms with van der Waals surface area (Å²) in [6.45, 7) is 7.81. The van der Waals surface area contributed by atoms with Crippen molar-refractivity contribution in [2.75, 3.05) is 6.54 Å². The Kier molecular flexibility index (Phi) is 6.23. The Labute approximate surface area is 159 Å². The fourth-order valence-corrected chi connectivity index (χ4v) is 3.98. The minimum Gasteiger partial charge on any atom is -0.357 e. The smallest absolute Gasteiger partial charge is 0.191 e. The first-order valence-electron chi connectivity index (χ1n) is 9.08. The maximum atomic E-state index is 4.76. The first kappa shape index (κ1) is 18.4. The first-order valence-corrected chi connectivity index (χ1v) is 9.90. The molecule has 3 aromatic rings. The van der Waals surface area contributed by atoms with Gasteiger partial charge in [0.2, 0.25) is 0 Å². The van der Waals surface area contributed by atoms with Crippen LogP contribution in [0.1, 0.15) is 29.3 Å². The summed E-state index contributed by atoms with van der Waals surface area (Å²) in [6.07, 6.45) is 2.85. The molecule has 1 aromatic carbocycles. The third kappa shape index (κ3) is 4.82. The molecule has 0 bridgehead atoms. The molecule has 0 aliphatic rings. The summed E-state index contributed by atoms with van der Waals surface area (Å²) in [6, 6.07) is 15.1. The van der Waals surface area contributed by atoms with E-state index in [1.165, 1.54) is 15.1 Å². The number of pyridine rings is 1. The zero-order chi connectivity index (χ0) is 18.4. The highest BCUT2D eigenvalue weighted by atomic mass is 32.1. The Morgan fingerprint density at radius 3 is 2.81 bits per heavy atom. The Morgan fingerprint density at radius 1 is 1.19 bits per heavy atom. The quantitative estimate of drug-likeness (QED) is 0.505. The zero-order valence-corrected chi connectivity index (χ0v) is 16.4. The summed E-state index contributed by atoms with van der Waals surface area (Å²) in [5.41, 5.74) is 1.00. The number of nitrogens with one attached hydrogen (secondary N) is 2. The van der Waals surface area contributed by atoms with E-state index in [4.69, 9.17) is 4.99 Å². The van der Waals surface area contributed by atoms with Gasteiger partial charge in [-0.15, -0.1) is 11.3 Å². The molecule has 0 radical (unpaired) electrons. The Hall–Kier alpha value is -2.40. The van der Waals surface area contributed by atoms with Gasteiger partial charge in [-0.05, 0) is 44.4 Å². The van der Waals surface area contributed by atoms with Crippen LogP contribution in [0, 0.1) is 6.92 Å². The van der Waals surface area contributed by atoms with Crippen molar-refractivity contribution in [2.24, 2.45) is 4.99 Å². The highest BCUT2D eigenvalue weighted by Crippen LogP contribution is 2.18. The highest BCUT2D eigenvalue weighted by Gasteiger charge is 2.08. The van der Waals surface area contributed by atoms with Crippen LogP contribution in [-0.4, -0.2) is 23.5 Å². The second-order valence-corrected chi connectivity index (χ2v) is 7.81. The van der Waals surface area contributed by atoms with Crippen LogP contribution in [0.5, 0.6) is 0 Å². The summed E-state index contributed by atoms with van der Waals surface area (Å²) >= 11 is 1.86. The van der Waals surface area contributed by atoms with E-state index in [1.54, 1.807) is 0 Å². The van der Waals surface area contributed by atoms with E-state index in [0.717, 1.165) is 30.0 Å². The number of rotatable bonds is 6. The monoisotopic (exact) mass is 366 g/mol. The highest BCUT2D eigenvalue weighted by molar-refractivity contribution is 7.11. The second-order valence-electron chi connectivity index (χ2n) is 6.44. The molecule has 0 fully saturated rings.